The molecule has 15 heavy (non-hydrogen) atoms. The maximum atomic E-state index is 11.6. The van der Waals surface area contributed by atoms with Crippen molar-refractivity contribution < 1.29 is 14.7 Å². The van der Waals surface area contributed by atoms with Crippen LogP contribution in [0, 0.1) is 23.7 Å². The molecular weight excluding hydrogens is 194 g/mol. The zero-order valence-corrected chi connectivity index (χ0v) is 8.90. The molecule has 2 aliphatic carbocycles. The van der Waals surface area contributed by atoms with Crippen LogP contribution in [0.5, 0.6) is 0 Å². The molecular formula is C11H17NO3. The minimum absolute atomic E-state index is 0.0674. The monoisotopic (exact) mass is 211 g/mol. The van der Waals surface area contributed by atoms with E-state index in [1.165, 1.54) is 19.3 Å². The number of nitrogens with one attached hydrogen (secondary N) is 1. The summed E-state index contributed by atoms with van der Waals surface area (Å²) in [6.07, 6.45) is 3.61. The van der Waals surface area contributed by atoms with E-state index in [-0.39, 0.29) is 18.4 Å². The van der Waals surface area contributed by atoms with Crippen LogP contribution in [0.25, 0.3) is 0 Å². The number of carbonyl (C=O) groups excluding carboxylic acids is 1. The standard InChI is InChI=1S/C11H17NO3/c1-6(11(14)15)5-12-10(13)9-7-3-2-4-8(7)9/h6-9H,2-5H2,1H3,(H,12,13)(H,14,15). The van der Waals surface area contributed by atoms with Gasteiger partial charge < -0.3 is 10.4 Å². The predicted octanol–water partition coefficient (Wildman–Crippen LogP) is 0.869. The van der Waals surface area contributed by atoms with E-state index in [0.717, 1.165) is 0 Å². The molecule has 2 rings (SSSR count). The number of hydrogen-bond donors (Lipinski definition) is 2. The molecule has 84 valence electrons. The van der Waals surface area contributed by atoms with E-state index in [9.17, 15) is 9.59 Å². The summed E-state index contributed by atoms with van der Waals surface area (Å²) in [6.45, 7) is 1.86. The van der Waals surface area contributed by atoms with Gasteiger partial charge in [0.25, 0.3) is 0 Å². The minimum Gasteiger partial charge on any atom is -0.481 e. The van der Waals surface area contributed by atoms with Crippen molar-refractivity contribution in [1.29, 1.82) is 0 Å². The van der Waals surface area contributed by atoms with E-state index >= 15 is 0 Å². The Balaban J connectivity index is 1.72. The third-order valence-corrected chi connectivity index (χ3v) is 3.71. The van der Waals surface area contributed by atoms with Crippen LogP contribution >= 0.6 is 0 Å². The lowest BCUT2D eigenvalue weighted by Crippen LogP contribution is -2.33. The Labute approximate surface area is 89.0 Å². The molecule has 0 spiro atoms. The molecule has 0 saturated heterocycles. The molecule has 0 aromatic rings. The van der Waals surface area contributed by atoms with E-state index in [1.54, 1.807) is 6.92 Å². The summed E-state index contributed by atoms with van der Waals surface area (Å²) < 4.78 is 0. The van der Waals surface area contributed by atoms with Crippen molar-refractivity contribution in [2.45, 2.75) is 26.2 Å². The Bertz CT molecular complexity index is 280. The molecule has 2 saturated carbocycles. The van der Waals surface area contributed by atoms with Gasteiger partial charge in [-0.3, -0.25) is 9.59 Å². The van der Waals surface area contributed by atoms with Crippen molar-refractivity contribution in [2.75, 3.05) is 6.54 Å². The fourth-order valence-corrected chi connectivity index (χ4v) is 2.67. The number of carboxylic acid groups (broad SMARTS) is 1. The number of amides is 1. The maximum Gasteiger partial charge on any atom is 0.308 e. The topological polar surface area (TPSA) is 66.4 Å². The van der Waals surface area contributed by atoms with Crippen molar-refractivity contribution in [1.82, 2.24) is 5.32 Å². The molecule has 2 fully saturated rings. The van der Waals surface area contributed by atoms with E-state index in [0.29, 0.717) is 11.8 Å². The van der Waals surface area contributed by atoms with Gasteiger partial charge >= 0.3 is 5.97 Å². The van der Waals surface area contributed by atoms with Crippen molar-refractivity contribution in [2.24, 2.45) is 23.7 Å². The number of rotatable bonds is 4. The van der Waals surface area contributed by atoms with Crippen LogP contribution in [-0.4, -0.2) is 23.5 Å². The summed E-state index contributed by atoms with van der Waals surface area (Å²) >= 11 is 0. The van der Waals surface area contributed by atoms with Gasteiger partial charge in [-0.2, -0.15) is 0 Å². The number of aliphatic carboxylic acids is 1. The molecule has 4 heteroatoms. The highest BCUT2D eigenvalue weighted by molar-refractivity contribution is 5.83. The molecule has 0 radical (unpaired) electrons. The van der Waals surface area contributed by atoms with Gasteiger partial charge in [0, 0.05) is 12.5 Å². The summed E-state index contributed by atoms with van der Waals surface area (Å²) in [4.78, 5) is 22.2. The van der Waals surface area contributed by atoms with Crippen molar-refractivity contribution >= 4 is 11.9 Å². The molecule has 4 nitrogen and oxygen atoms in total. The maximum absolute atomic E-state index is 11.6. The van der Waals surface area contributed by atoms with Crippen molar-refractivity contribution in [3.05, 3.63) is 0 Å². The summed E-state index contributed by atoms with van der Waals surface area (Å²) in [6, 6.07) is 0. The van der Waals surface area contributed by atoms with Gasteiger partial charge in [0.2, 0.25) is 5.91 Å². The van der Waals surface area contributed by atoms with Crippen molar-refractivity contribution in [3.63, 3.8) is 0 Å². The molecule has 0 bridgehead atoms. The Hall–Kier alpha value is -1.06. The molecule has 2 aliphatic rings. The Morgan fingerprint density at radius 2 is 2.00 bits per heavy atom. The van der Waals surface area contributed by atoms with Crippen LogP contribution in [0.1, 0.15) is 26.2 Å². The Morgan fingerprint density at radius 1 is 1.40 bits per heavy atom. The molecule has 0 heterocycles. The smallest absolute Gasteiger partial charge is 0.308 e. The van der Waals surface area contributed by atoms with Gasteiger partial charge in [0.05, 0.1) is 5.92 Å². The lowest BCUT2D eigenvalue weighted by atomic mass is 10.1. The minimum atomic E-state index is -0.855. The second kappa shape index (κ2) is 3.83. The van der Waals surface area contributed by atoms with Gasteiger partial charge in [-0.15, -0.1) is 0 Å². The summed E-state index contributed by atoms with van der Waals surface area (Å²) in [5.41, 5.74) is 0. The second-order valence-electron chi connectivity index (χ2n) is 4.77. The molecule has 0 aliphatic heterocycles. The first-order valence-corrected chi connectivity index (χ1v) is 5.61. The normalized spacial score (nSPS) is 34.3. The zero-order chi connectivity index (χ0) is 11.0. The lowest BCUT2D eigenvalue weighted by molar-refractivity contribution is -0.141. The number of hydrogen-bond acceptors (Lipinski definition) is 2. The molecule has 0 aromatic carbocycles. The zero-order valence-electron chi connectivity index (χ0n) is 8.90. The molecule has 3 atom stereocenters. The van der Waals surface area contributed by atoms with Gasteiger partial charge in [0.15, 0.2) is 0 Å². The first-order valence-electron chi connectivity index (χ1n) is 5.61. The SMILES string of the molecule is CC(CNC(=O)C1C2CCCC21)C(=O)O. The van der Waals surface area contributed by atoms with Gasteiger partial charge in [-0.25, -0.2) is 0 Å². The highest BCUT2D eigenvalue weighted by Crippen LogP contribution is 2.57. The van der Waals surface area contributed by atoms with Crippen LogP contribution < -0.4 is 5.32 Å². The average molecular weight is 211 g/mol. The Kier molecular flexibility index (Phi) is 2.67. The average Bonchev–Trinajstić information content (AvgIpc) is 2.68. The predicted molar refractivity (Wildman–Crippen MR) is 54.1 cm³/mol. The second-order valence-corrected chi connectivity index (χ2v) is 4.77. The third-order valence-electron chi connectivity index (χ3n) is 3.71. The van der Waals surface area contributed by atoms with Crippen LogP contribution in [0.3, 0.4) is 0 Å². The van der Waals surface area contributed by atoms with E-state index in [4.69, 9.17) is 5.11 Å². The highest BCUT2D eigenvalue weighted by Gasteiger charge is 2.56. The first kappa shape index (κ1) is 10.5. The van der Waals surface area contributed by atoms with E-state index in [1.807, 2.05) is 0 Å². The molecule has 3 unspecified atom stereocenters. The number of fused-ring (bicyclic) bond motifs is 1. The molecule has 2 N–H and O–H groups in total. The van der Waals surface area contributed by atoms with E-state index in [2.05, 4.69) is 5.32 Å². The van der Waals surface area contributed by atoms with Crippen LogP contribution in [0.4, 0.5) is 0 Å². The fraction of sp³-hybridized carbons (Fsp3) is 0.818. The quantitative estimate of drug-likeness (QED) is 0.725. The van der Waals surface area contributed by atoms with Crippen LogP contribution in [0.2, 0.25) is 0 Å². The van der Waals surface area contributed by atoms with Gasteiger partial charge in [0.1, 0.15) is 0 Å². The Morgan fingerprint density at radius 3 is 2.53 bits per heavy atom. The largest absolute Gasteiger partial charge is 0.481 e. The van der Waals surface area contributed by atoms with E-state index < -0.39 is 11.9 Å². The summed E-state index contributed by atoms with van der Waals surface area (Å²) in [5, 5.41) is 11.4. The number of carboxylic acids is 1. The first-order chi connectivity index (χ1) is 7.11. The van der Waals surface area contributed by atoms with Crippen LogP contribution in [0.15, 0.2) is 0 Å². The summed E-state index contributed by atoms with van der Waals surface area (Å²) in [5.74, 6) is 0.117. The van der Waals surface area contributed by atoms with Gasteiger partial charge in [-0.05, 0) is 24.7 Å². The van der Waals surface area contributed by atoms with Gasteiger partial charge in [-0.1, -0.05) is 13.3 Å². The molecule has 0 aromatic heterocycles. The number of carbonyl (C=O) groups is 2. The van der Waals surface area contributed by atoms with Crippen LogP contribution in [-0.2, 0) is 9.59 Å². The highest BCUT2D eigenvalue weighted by atomic mass is 16.4. The fourth-order valence-electron chi connectivity index (χ4n) is 2.67. The van der Waals surface area contributed by atoms with Crippen molar-refractivity contribution in [3.8, 4) is 0 Å². The lowest BCUT2D eigenvalue weighted by Gasteiger charge is -2.09. The molecule has 1 amide bonds. The third kappa shape index (κ3) is 1.98. The summed E-state index contributed by atoms with van der Waals surface area (Å²) in [7, 11) is 0.